The Labute approximate surface area is 109 Å². The van der Waals surface area contributed by atoms with Crippen LogP contribution in [0.4, 0.5) is 0 Å². The highest BCUT2D eigenvalue weighted by atomic mass is 14.9. The van der Waals surface area contributed by atoms with Crippen LogP contribution in [0, 0.1) is 23.7 Å². The summed E-state index contributed by atoms with van der Waals surface area (Å²) in [5.41, 5.74) is 0. The number of hydrogen-bond donors (Lipinski definition) is 1. The van der Waals surface area contributed by atoms with Crippen molar-refractivity contribution in [3.63, 3.8) is 0 Å². The van der Waals surface area contributed by atoms with Gasteiger partial charge in [-0.3, -0.25) is 0 Å². The summed E-state index contributed by atoms with van der Waals surface area (Å²) in [6.07, 6.45) is 7.21. The van der Waals surface area contributed by atoms with Crippen LogP contribution < -0.4 is 5.32 Å². The SMILES string of the molecule is CCNC(CCC1CCC(C)C(C)C1)C(C)C. The van der Waals surface area contributed by atoms with Gasteiger partial charge in [-0.15, -0.1) is 0 Å². The molecular weight excluding hydrogens is 206 g/mol. The first-order chi connectivity index (χ1) is 8.04. The second-order valence-corrected chi connectivity index (χ2v) is 6.62. The lowest BCUT2D eigenvalue weighted by molar-refractivity contribution is 0.190. The average molecular weight is 239 g/mol. The number of rotatable bonds is 6. The Morgan fingerprint density at radius 2 is 1.82 bits per heavy atom. The molecule has 1 fully saturated rings. The zero-order valence-electron chi connectivity index (χ0n) is 12.6. The fourth-order valence-corrected chi connectivity index (χ4v) is 3.27. The molecule has 0 saturated heterocycles. The second-order valence-electron chi connectivity index (χ2n) is 6.62. The molecule has 17 heavy (non-hydrogen) atoms. The van der Waals surface area contributed by atoms with Crippen LogP contribution in [-0.4, -0.2) is 12.6 Å². The Morgan fingerprint density at radius 1 is 1.12 bits per heavy atom. The van der Waals surface area contributed by atoms with E-state index in [0.29, 0.717) is 0 Å². The summed E-state index contributed by atoms with van der Waals surface area (Å²) in [6.45, 7) is 12.9. The highest BCUT2D eigenvalue weighted by Crippen LogP contribution is 2.35. The maximum atomic E-state index is 3.64. The molecule has 1 aliphatic carbocycles. The third-order valence-electron chi connectivity index (χ3n) is 4.86. The largest absolute Gasteiger partial charge is 0.314 e. The summed E-state index contributed by atoms with van der Waals surface area (Å²) in [7, 11) is 0. The first-order valence-corrected chi connectivity index (χ1v) is 7.77. The Hall–Kier alpha value is -0.0400. The van der Waals surface area contributed by atoms with Crippen LogP contribution in [0.5, 0.6) is 0 Å². The van der Waals surface area contributed by atoms with E-state index in [9.17, 15) is 0 Å². The first-order valence-electron chi connectivity index (χ1n) is 7.77. The molecule has 0 spiro atoms. The Kier molecular flexibility index (Phi) is 6.54. The van der Waals surface area contributed by atoms with Gasteiger partial charge < -0.3 is 5.32 Å². The molecule has 1 aliphatic rings. The van der Waals surface area contributed by atoms with Crippen LogP contribution in [-0.2, 0) is 0 Å². The van der Waals surface area contributed by atoms with Crippen LogP contribution in [0.1, 0.15) is 66.7 Å². The van der Waals surface area contributed by atoms with Crippen molar-refractivity contribution in [2.45, 2.75) is 72.8 Å². The predicted octanol–water partition coefficient (Wildman–Crippen LogP) is 4.47. The molecular formula is C16H33N. The molecule has 0 aromatic heterocycles. The lowest BCUT2D eigenvalue weighted by Crippen LogP contribution is -2.34. The molecule has 4 atom stereocenters. The van der Waals surface area contributed by atoms with E-state index in [1.165, 1.54) is 32.1 Å². The second kappa shape index (κ2) is 7.41. The van der Waals surface area contributed by atoms with Gasteiger partial charge in [0.25, 0.3) is 0 Å². The third-order valence-corrected chi connectivity index (χ3v) is 4.86. The predicted molar refractivity (Wildman–Crippen MR) is 77.2 cm³/mol. The van der Waals surface area contributed by atoms with Crippen molar-refractivity contribution in [1.29, 1.82) is 0 Å². The first kappa shape index (κ1) is 15.0. The van der Waals surface area contributed by atoms with Crippen LogP contribution >= 0.6 is 0 Å². The molecule has 0 aromatic rings. The molecule has 1 nitrogen and oxygen atoms in total. The van der Waals surface area contributed by atoms with E-state index in [-0.39, 0.29) is 0 Å². The summed E-state index contributed by atoms with van der Waals surface area (Å²) in [6, 6.07) is 0.731. The van der Waals surface area contributed by atoms with Crippen molar-refractivity contribution in [1.82, 2.24) is 5.32 Å². The molecule has 0 bridgehead atoms. The quantitative estimate of drug-likeness (QED) is 0.721. The molecule has 1 N–H and O–H groups in total. The minimum atomic E-state index is 0.731. The standard InChI is InChI=1S/C16H33N/c1-6-17-16(12(2)3)10-9-15-8-7-13(4)14(5)11-15/h12-17H,6-11H2,1-5H3. The van der Waals surface area contributed by atoms with Gasteiger partial charge in [-0.2, -0.15) is 0 Å². The molecule has 1 rings (SSSR count). The Balaban J connectivity index is 2.29. The van der Waals surface area contributed by atoms with Gasteiger partial charge in [0.15, 0.2) is 0 Å². The maximum absolute atomic E-state index is 3.64. The molecule has 1 heteroatoms. The lowest BCUT2D eigenvalue weighted by Gasteiger charge is -2.33. The van der Waals surface area contributed by atoms with Crippen LogP contribution in [0.3, 0.4) is 0 Å². The Morgan fingerprint density at radius 3 is 2.35 bits per heavy atom. The molecule has 4 unspecified atom stereocenters. The summed E-state index contributed by atoms with van der Waals surface area (Å²) in [4.78, 5) is 0. The molecule has 0 heterocycles. The monoisotopic (exact) mass is 239 g/mol. The highest BCUT2D eigenvalue weighted by Gasteiger charge is 2.25. The fourth-order valence-electron chi connectivity index (χ4n) is 3.27. The van der Waals surface area contributed by atoms with Crippen molar-refractivity contribution < 1.29 is 0 Å². The summed E-state index contributed by atoms with van der Waals surface area (Å²) >= 11 is 0. The summed E-state index contributed by atoms with van der Waals surface area (Å²) in [5, 5.41) is 3.64. The molecule has 1 saturated carbocycles. The summed E-state index contributed by atoms with van der Waals surface area (Å²) < 4.78 is 0. The minimum absolute atomic E-state index is 0.731. The van der Waals surface area contributed by atoms with Crippen LogP contribution in [0.2, 0.25) is 0 Å². The van der Waals surface area contributed by atoms with Gasteiger partial charge in [-0.05, 0) is 49.5 Å². The molecule has 102 valence electrons. The smallest absolute Gasteiger partial charge is 0.00900 e. The van der Waals surface area contributed by atoms with Gasteiger partial charge in [0.05, 0.1) is 0 Å². The summed E-state index contributed by atoms with van der Waals surface area (Å²) in [5.74, 6) is 3.68. The number of nitrogens with one attached hydrogen (secondary N) is 1. The van der Waals surface area contributed by atoms with E-state index < -0.39 is 0 Å². The van der Waals surface area contributed by atoms with Crippen molar-refractivity contribution in [2.75, 3.05) is 6.54 Å². The zero-order chi connectivity index (χ0) is 12.8. The molecule has 0 aromatic carbocycles. The third kappa shape index (κ3) is 4.99. The number of hydrogen-bond acceptors (Lipinski definition) is 1. The minimum Gasteiger partial charge on any atom is -0.314 e. The topological polar surface area (TPSA) is 12.0 Å². The fraction of sp³-hybridized carbons (Fsp3) is 1.00. The molecule has 0 aliphatic heterocycles. The highest BCUT2D eigenvalue weighted by molar-refractivity contribution is 4.78. The van der Waals surface area contributed by atoms with Gasteiger partial charge in [0, 0.05) is 6.04 Å². The Bertz CT molecular complexity index is 200. The van der Waals surface area contributed by atoms with Crippen molar-refractivity contribution >= 4 is 0 Å². The van der Waals surface area contributed by atoms with Crippen molar-refractivity contribution in [3.05, 3.63) is 0 Å². The van der Waals surface area contributed by atoms with E-state index >= 15 is 0 Å². The van der Waals surface area contributed by atoms with E-state index in [2.05, 4.69) is 39.9 Å². The van der Waals surface area contributed by atoms with Gasteiger partial charge in [0.1, 0.15) is 0 Å². The van der Waals surface area contributed by atoms with Crippen LogP contribution in [0.25, 0.3) is 0 Å². The molecule has 0 amide bonds. The van der Waals surface area contributed by atoms with E-state index in [0.717, 1.165) is 36.3 Å². The van der Waals surface area contributed by atoms with Gasteiger partial charge in [-0.25, -0.2) is 0 Å². The lowest BCUT2D eigenvalue weighted by atomic mass is 9.74. The average Bonchev–Trinajstić information content (AvgIpc) is 2.28. The van der Waals surface area contributed by atoms with E-state index in [4.69, 9.17) is 0 Å². The van der Waals surface area contributed by atoms with Gasteiger partial charge >= 0.3 is 0 Å². The van der Waals surface area contributed by atoms with Gasteiger partial charge in [0.2, 0.25) is 0 Å². The van der Waals surface area contributed by atoms with Crippen molar-refractivity contribution in [3.8, 4) is 0 Å². The van der Waals surface area contributed by atoms with Gasteiger partial charge in [-0.1, -0.05) is 47.5 Å². The van der Waals surface area contributed by atoms with E-state index in [1.54, 1.807) is 0 Å². The van der Waals surface area contributed by atoms with E-state index in [1.807, 2.05) is 0 Å². The molecule has 0 radical (unpaired) electrons. The maximum Gasteiger partial charge on any atom is 0.00900 e. The normalized spacial score (nSPS) is 31.8. The van der Waals surface area contributed by atoms with Crippen LogP contribution in [0.15, 0.2) is 0 Å². The zero-order valence-corrected chi connectivity index (χ0v) is 12.6. The van der Waals surface area contributed by atoms with Crippen molar-refractivity contribution in [2.24, 2.45) is 23.7 Å².